The lowest BCUT2D eigenvalue weighted by atomic mass is 10.1. The Labute approximate surface area is 119 Å². The fourth-order valence-corrected chi connectivity index (χ4v) is 2.24. The molecule has 0 spiro atoms. The van der Waals surface area contributed by atoms with E-state index in [1.807, 2.05) is 0 Å². The summed E-state index contributed by atoms with van der Waals surface area (Å²) in [6.45, 7) is 1.80. The van der Waals surface area contributed by atoms with Crippen LogP contribution in [0.1, 0.15) is 23.8 Å². The minimum atomic E-state index is -1.12. The van der Waals surface area contributed by atoms with E-state index in [1.54, 1.807) is 19.1 Å². The number of carbonyl (C=O) groups is 2. The van der Waals surface area contributed by atoms with Crippen molar-refractivity contribution in [3.63, 3.8) is 0 Å². The zero-order valence-corrected chi connectivity index (χ0v) is 11.5. The lowest BCUT2D eigenvalue weighted by Gasteiger charge is -2.04. The highest BCUT2D eigenvalue weighted by atomic mass is 35.5. The predicted octanol–water partition coefficient (Wildman–Crippen LogP) is 2.80. The van der Waals surface area contributed by atoms with Crippen LogP contribution in [0.4, 0.5) is 0 Å². The monoisotopic (exact) mass is 299 g/mol. The molecule has 0 saturated heterocycles. The molecule has 1 unspecified atom stereocenters. The number of aromatic nitrogens is 1. The van der Waals surface area contributed by atoms with Gasteiger partial charge in [0.15, 0.2) is 10.7 Å². The normalized spacial score (nSPS) is 12.6. The first-order valence-corrected chi connectivity index (χ1v) is 6.22. The van der Waals surface area contributed by atoms with Gasteiger partial charge in [0.1, 0.15) is 11.4 Å². The highest BCUT2D eigenvalue weighted by Crippen LogP contribution is 2.29. The van der Waals surface area contributed by atoms with Crippen LogP contribution in [0.3, 0.4) is 0 Å². The molecule has 0 bridgehead atoms. The number of hydrogen-bond donors (Lipinski definition) is 2. The summed E-state index contributed by atoms with van der Waals surface area (Å²) < 4.78 is 5.43. The number of carbonyl (C=O) groups excluding carboxylic acids is 1. The second kappa shape index (κ2) is 5.22. The van der Waals surface area contributed by atoms with Crippen molar-refractivity contribution in [3.8, 4) is 0 Å². The van der Waals surface area contributed by atoms with E-state index in [1.165, 1.54) is 0 Å². The first-order valence-electron chi connectivity index (χ1n) is 5.39. The summed E-state index contributed by atoms with van der Waals surface area (Å²) >= 11 is 9.57. The molecule has 0 radical (unpaired) electrons. The number of carboxylic acids is 1. The van der Waals surface area contributed by atoms with Gasteiger partial charge >= 0.3 is 5.97 Å². The van der Waals surface area contributed by atoms with E-state index in [-0.39, 0.29) is 5.89 Å². The Kier molecular flexibility index (Phi) is 3.82. The van der Waals surface area contributed by atoms with Crippen molar-refractivity contribution >= 4 is 46.4 Å². The van der Waals surface area contributed by atoms with Gasteiger partial charge in [-0.15, -0.1) is 12.6 Å². The first kappa shape index (κ1) is 13.9. The minimum absolute atomic E-state index is 0.0442. The third-order valence-corrected chi connectivity index (χ3v) is 3.17. The van der Waals surface area contributed by atoms with Crippen molar-refractivity contribution in [2.24, 2.45) is 0 Å². The van der Waals surface area contributed by atoms with Crippen molar-refractivity contribution in [2.75, 3.05) is 0 Å². The fourth-order valence-electron chi connectivity index (χ4n) is 1.78. The van der Waals surface area contributed by atoms with E-state index in [9.17, 15) is 9.59 Å². The molecular weight excluding hydrogens is 290 g/mol. The molecule has 1 atom stereocenters. The zero-order chi connectivity index (χ0) is 14.2. The Hall–Kier alpha value is -1.53. The van der Waals surface area contributed by atoms with Gasteiger partial charge in [0.2, 0.25) is 5.89 Å². The Morgan fingerprint density at radius 2 is 2.21 bits per heavy atom. The number of halogens is 1. The van der Waals surface area contributed by atoms with Crippen LogP contribution in [0.25, 0.3) is 11.1 Å². The topological polar surface area (TPSA) is 80.4 Å². The van der Waals surface area contributed by atoms with Gasteiger partial charge in [-0.1, -0.05) is 11.6 Å². The maximum atomic E-state index is 11.4. The Morgan fingerprint density at radius 1 is 1.53 bits per heavy atom. The molecule has 2 rings (SSSR count). The fraction of sp³-hybridized carbons (Fsp3) is 0.250. The van der Waals surface area contributed by atoms with E-state index < -0.39 is 23.4 Å². The van der Waals surface area contributed by atoms with Gasteiger partial charge < -0.3 is 9.52 Å². The zero-order valence-electron chi connectivity index (χ0n) is 9.88. The van der Waals surface area contributed by atoms with Gasteiger partial charge in [-0.05, 0) is 18.6 Å². The smallest absolute Gasteiger partial charge is 0.304 e. The highest BCUT2D eigenvalue weighted by molar-refractivity contribution is 7.96. The minimum Gasteiger partial charge on any atom is -0.481 e. The van der Waals surface area contributed by atoms with Crippen LogP contribution in [0.15, 0.2) is 16.5 Å². The predicted molar refractivity (Wildman–Crippen MR) is 72.7 cm³/mol. The molecule has 19 heavy (non-hydrogen) atoms. The molecule has 0 aliphatic carbocycles. The third kappa shape index (κ3) is 2.90. The van der Waals surface area contributed by atoms with Crippen LogP contribution >= 0.6 is 24.2 Å². The average molecular weight is 300 g/mol. The van der Waals surface area contributed by atoms with Gasteiger partial charge in [-0.2, -0.15) is 0 Å². The van der Waals surface area contributed by atoms with Gasteiger partial charge in [0.05, 0.1) is 6.42 Å². The van der Waals surface area contributed by atoms with Crippen LogP contribution in [0.2, 0.25) is 5.02 Å². The molecule has 1 N–H and O–H groups in total. The van der Waals surface area contributed by atoms with Gasteiger partial charge in [-0.3, -0.25) is 9.59 Å². The maximum absolute atomic E-state index is 11.4. The lowest BCUT2D eigenvalue weighted by Crippen LogP contribution is -2.12. The molecular formula is C12H10ClNO4S. The molecule has 2 aromatic rings. The summed E-state index contributed by atoms with van der Waals surface area (Å²) in [6.07, 6.45) is -0.415. The molecule has 0 aliphatic rings. The molecule has 1 aromatic carbocycles. The largest absolute Gasteiger partial charge is 0.481 e. The van der Waals surface area contributed by atoms with Crippen molar-refractivity contribution in [1.29, 1.82) is 0 Å². The number of hydrogen-bond acceptors (Lipinski definition) is 4. The highest BCUT2D eigenvalue weighted by Gasteiger charge is 2.27. The number of benzene rings is 1. The second-order valence-corrected chi connectivity index (χ2v) is 4.99. The number of rotatable bonds is 4. The van der Waals surface area contributed by atoms with Crippen LogP contribution in [0, 0.1) is 6.92 Å². The van der Waals surface area contributed by atoms with Crippen LogP contribution in [-0.4, -0.2) is 21.2 Å². The average Bonchev–Trinajstić information content (AvgIpc) is 2.68. The number of aliphatic carboxylic acids is 1. The van der Waals surface area contributed by atoms with Crippen LogP contribution < -0.4 is 0 Å². The third-order valence-electron chi connectivity index (χ3n) is 2.64. The van der Waals surface area contributed by atoms with Crippen molar-refractivity contribution in [1.82, 2.24) is 4.98 Å². The van der Waals surface area contributed by atoms with Crippen molar-refractivity contribution < 1.29 is 19.1 Å². The molecule has 1 heterocycles. The molecule has 0 aliphatic heterocycles. The summed E-state index contributed by atoms with van der Waals surface area (Å²) in [5.74, 6) is -2.08. The Balaban J connectivity index is 2.52. The maximum Gasteiger partial charge on any atom is 0.304 e. The molecule has 0 amide bonds. The molecule has 0 fully saturated rings. The summed E-state index contributed by atoms with van der Waals surface area (Å²) in [6, 6.07) is 3.28. The Morgan fingerprint density at radius 3 is 2.79 bits per heavy atom. The first-order chi connectivity index (χ1) is 8.88. The van der Waals surface area contributed by atoms with E-state index in [4.69, 9.17) is 21.1 Å². The van der Waals surface area contributed by atoms with Crippen molar-refractivity contribution in [3.05, 3.63) is 28.6 Å². The number of oxazole rings is 1. The Bertz CT molecular complexity index is 667. The second-order valence-electron chi connectivity index (χ2n) is 4.11. The lowest BCUT2D eigenvalue weighted by molar-refractivity contribution is -0.138. The van der Waals surface area contributed by atoms with E-state index in [0.717, 1.165) is 5.56 Å². The standard InChI is InChI=1S/C12H10ClNO4S/c1-5-2-6(13)3-8-10(5)14-11(18-8)7(12(17)19)4-9(15)16/h2-3,7H,4H2,1H3,(H,15,16)(H,17,19). The molecule has 7 heteroatoms. The molecule has 1 aromatic heterocycles. The van der Waals surface area contributed by atoms with E-state index >= 15 is 0 Å². The number of aryl methyl sites for hydroxylation is 1. The van der Waals surface area contributed by atoms with E-state index in [2.05, 4.69) is 17.6 Å². The summed E-state index contributed by atoms with van der Waals surface area (Å²) in [5.41, 5.74) is 1.77. The number of fused-ring (bicyclic) bond motifs is 1. The number of carboxylic acid groups (broad SMARTS) is 1. The molecule has 0 saturated carbocycles. The van der Waals surface area contributed by atoms with Gasteiger partial charge in [-0.25, -0.2) is 4.98 Å². The number of nitrogens with zero attached hydrogens (tertiary/aromatic N) is 1. The van der Waals surface area contributed by atoms with Crippen LogP contribution in [0.5, 0.6) is 0 Å². The van der Waals surface area contributed by atoms with E-state index in [0.29, 0.717) is 16.1 Å². The SMILES string of the molecule is Cc1cc(Cl)cc2oc(C(CC(=O)O)C(=O)S)nc12. The summed E-state index contributed by atoms with van der Waals surface area (Å²) in [7, 11) is 0. The quantitative estimate of drug-likeness (QED) is 0.849. The molecule has 100 valence electrons. The molecule has 5 nitrogen and oxygen atoms in total. The van der Waals surface area contributed by atoms with Gasteiger partial charge in [0, 0.05) is 11.1 Å². The van der Waals surface area contributed by atoms with Crippen LogP contribution in [-0.2, 0) is 9.59 Å². The van der Waals surface area contributed by atoms with Crippen molar-refractivity contribution in [2.45, 2.75) is 19.3 Å². The number of thiol groups is 1. The summed E-state index contributed by atoms with van der Waals surface area (Å²) in [5, 5.41) is 8.68. The van der Waals surface area contributed by atoms with Gasteiger partial charge in [0.25, 0.3) is 0 Å². The summed E-state index contributed by atoms with van der Waals surface area (Å²) in [4.78, 5) is 26.3.